The minimum Gasteiger partial charge on any atom is -0.344 e. The van der Waals surface area contributed by atoms with Gasteiger partial charge in [0.1, 0.15) is 0 Å². The summed E-state index contributed by atoms with van der Waals surface area (Å²) in [6, 6.07) is 13.7. The molecule has 0 spiro atoms. The number of fused-ring (bicyclic) bond motifs is 3. The average Bonchev–Trinajstić information content (AvgIpc) is 3.48. The van der Waals surface area contributed by atoms with Gasteiger partial charge >= 0.3 is 6.03 Å². The van der Waals surface area contributed by atoms with Crippen LogP contribution in [0.1, 0.15) is 24.1 Å². The van der Waals surface area contributed by atoms with Gasteiger partial charge in [0.2, 0.25) is 0 Å². The van der Waals surface area contributed by atoms with Gasteiger partial charge in [-0.25, -0.2) is 4.79 Å². The van der Waals surface area contributed by atoms with E-state index in [0.717, 1.165) is 18.9 Å². The number of benzene rings is 2. The Kier molecular flexibility index (Phi) is 4.48. The smallest absolute Gasteiger partial charge is 0.322 e. The second kappa shape index (κ2) is 7.02. The zero-order valence-electron chi connectivity index (χ0n) is 15.4. The summed E-state index contributed by atoms with van der Waals surface area (Å²) in [5.41, 5.74) is 4.49. The number of aromatic nitrogens is 1. The summed E-state index contributed by atoms with van der Waals surface area (Å²) in [6.07, 6.45) is 3.53. The van der Waals surface area contributed by atoms with Gasteiger partial charge in [0, 0.05) is 48.2 Å². The first-order valence-corrected chi connectivity index (χ1v) is 10.5. The lowest BCUT2D eigenvalue weighted by Crippen LogP contribution is -2.39. The van der Waals surface area contributed by atoms with E-state index >= 15 is 0 Å². The van der Waals surface area contributed by atoms with E-state index in [1.54, 1.807) is 18.2 Å². The molecule has 4 nitrogen and oxygen atoms in total. The SMILES string of the molecule is O=C(Nc1cccc(Cl)c1Cl)N1CCc2c(c3ccccc3n2CC2CC2)C1. The minimum absolute atomic E-state index is 0.145. The fourth-order valence-electron chi connectivity index (χ4n) is 4.14. The predicted molar refractivity (Wildman–Crippen MR) is 114 cm³/mol. The highest BCUT2D eigenvalue weighted by Crippen LogP contribution is 2.37. The molecule has 0 atom stereocenters. The molecule has 1 fully saturated rings. The van der Waals surface area contributed by atoms with Crippen LogP contribution in [0, 0.1) is 5.92 Å². The van der Waals surface area contributed by atoms with Crippen molar-refractivity contribution < 1.29 is 4.79 Å². The molecule has 0 saturated heterocycles. The Morgan fingerprint density at radius 1 is 1.11 bits per heavy atom. The number of rotatable bonds is 3. The molecule has 144 valence electrons. The van der Waals surface area contributed by atoms with E-state index in [4.69, 9.17) is 23.2 Å². The van der Waals surface area contributed by atoms with Gasteiger partial charge in [0.05, 0.1) is 15.7 Å². The van der Waals surface area contributed by atoms with Crippen molar-refractivity contribution in [3.8, 4) is 0 Å². The van der Waals surface area contributed by atoms with Crippen LogP contribution >= 0.6 is 23.2 Å². The summed E-state index contributed by atoms with van der Waals surface area (Å²) < 4.78 is 2.49. The third-order valence-electron chi connectivity index (χ3n) is 5.78. The molecular formula is C22H21Cl2N3O. The molecule has 6 heteroatoms. The number of nitrogens with one attached hydrogen (secondary N) is 1. The number of carbonyl (C=O) groups excluding carboxylic acids is 1. The van der Waals surface area contributed by atoms with E-state index in [1.807, 2.05) is 4.90 Å². The Bertz CT molecular complexity index is 1070. The van der Waals surface area contributed by atoms with E-state index in [1.165, 1.54) is 35.0 Å². The van der Waals surface area contributed by atoms with Crippen LogP contribution in [0.2, 0.25) is 10.0 Å². The Morgan fingerprint density at radius 3 is 2.75 bits per heavy atom. The van der Waals surface area contributed by atoms with Crippen LogP contribution in [0.3, 0.4) is 0 Å². The summed E-state index contributed by atoms with van der Waals surface area (Å²) in [5, 5.41) is 4.98. The zero-order chi connectivity index (χ0) is 19.3. The fraction of sp³-hybridized carbons (Fsp3) is 0.318. The van der Waals surface area contributed by atoms with Gasteiger partial charge in [0.15, 0.2) is 0 Å². The molecule has 2 aliphatic rings. The average molecular weight is 414 g/mol. The molecule has 0 radical (unpaired) electrons. The van der Waals surface area contributed by atoms with Crippen LogP contribution in [-0.4, -0.2) is 22.0 Å². The molecule has 1 N–H and O–H groups in total. The van der Waals surface area contributed by atoms with E-state index in [-0.39, 0.29) is 6.03 Å². The number of halogens is 2. The monoisotopic (exact) mass is 413 g/mol. The molecule has 1 saturated carbocycles. The van der Waals surface area contributed by atoms with Crippen molar-refractivity contribution in [2.75, 3.05) is 11.9 Å². The van der Waals surface area contributed by atoms with Gasteiger partial charge in [-0.05, 0) is 37.0 Å². The maximum absolute atomic E-state index is 12.9. The molecule has 2 amide bonds. The first kappa shape index (κ1) is 17.9. The van der Waals surface area contributed by atoms with Crippen molar-refractivity contribution in [3.63, 3.8) is 0 Å². The van der Waals surface area contributed by atoms with Crippen LogP contribution in [0.15, 0.2) is 42.5 Å². The lowest BCUT2D eigenvalue weighted by molar-refractivity contribution is 0.206. The quantitative estimate of drug-likeness (QED) is 0.565. The molecule has 0 bridgehead atoms. The lowest BCUT2D eigenvalue weighted by Gasteiger charge is -2.28. The number of para-hydroxylation sites is 1. The van der Waals surface area contributed by atoms with Gasteiger partial charge < -0.3 is 14.8 Å². The number of hydrogen-bond acceptors (Lipinski definition) is 1. The lowest BCUT2D eigenvalue weighted by atomic mass is 10.0. The number of anilines is 1. The standard InChI is InChI=1S/C22H21Cl2N3O/c23-17-5-3-6-18(21(17)24)25-22(28)26-11-10-20-16(13-26)15-4-1-2-7-19(15)27(20)12-14-8-9-14/h1-7,14H,8-13H2,(H,25,28). The maximum atomic E-state index is 12.9. The molecule has 1 aliphatic heterocycles. The normalized spacial score (nSPS) is 16.3. The van der Waals surface area contributed by atoms with Crippen molar-refractivity contribution in [1.82, 2.24) is 9.47 Å². The molecule has 28 heavy (non-hydrogen) atoms. The zero-order valence-corrected chi connectivity index (χ0v) is 16.9. The molecule has 1 aromatic heterocycles. The van der Waals surface area contributed by atoms with Crippen molar-refractivity contribution >= 4 is 45.8 Å². The molecule has 1 aliphatic carbocycles. The van der Waals surface area contributed by atoms with Gasteiger partial charge in [-0.2, -0.15) is 0 Å². The number of urea groups is 1. The molecule has 2 aromatic carbocycles. The summed E-state index contributed by atoms with van der Waals surface area (Å²) in [7, 11) is 0. The van der Waals surface area contributed by atoms with E-state index < -0.39 is 0 Å². The Morgan fingerprint density at radius 2 is 1.93 bits per heavy atom. The van der Waals surface area contributed by atoms with Crippen molar-refractivity contribution in [1.29, 1.82) is 0 Å². The van der Waals surface area contributed by atoms with Crippen molar-refractivity contribution in [3.05, 3.63) is 63.8 Å². The van der Waals surface area contributed by atoms with E-state index in [2.05, 4.69) is 34.1 Å². The predicted octanol–water partition coefficient (Wildman–Crippen LogP) is 5.95. The molecular weight excluding hydrogens is 393 g/mol. The highest BCUT2D eigenvalue weighted by atomic mass is 35.5. The molecule has 3 aromatic rings. The number of amides is 2. The summed E-state index contributed by atoms with van der Waals surface area (Å²) in [4.78, 5) is 14.7. The van der Waals surface area contributed by atoms with Gasteiger partial charge in [-0.1, -0.05) is 47.5 Å². The van der Waals surface area contributed by atoms with Crippen LogP contribution < -0.4 is 5.32 Å². The van der Waals surface area contributed by atoms with Crippen molar-refractivity contribution in [2.45, 2.75) is 32.4 Å². The van der Waals surface area contributed by atoms with Crippen LogP contribution in [0.5, 0.6) is 0 Å². The van der Waals surface area contributed by atoms with Crippen LogP contribution in [0.25, 0.3) is 10.9 Å². The second-order valence-electron chi connectivity index (χ2n) is 7.70. The number of carbonyl (C=O) groups is 1. The number of nitrogens with zero attached hydrogens (tertiary/aromatic N) is 2. The largest absolute Gasteiger partial charge is 0.344 e. The third kappa shape index (κ3) is 3.15. The highest BCUT2D eigenvalue weighted by Gasteiger charge is 2.29. The van der Waals surface area contributed by atoms with E-state index in [9.17, 15) is 4.79 Å². The molecule has 5 rings (SSSR count). The van der Waals surface area contributed by atoms with Gasteiger partial charge in [0.25, 0.3) is 0 Å². The molecule has 0 unspecified atom stereocenters. The van der Waals surface area contributed by atoms with Crippen LogP contribution in [0.4, 0.5) is 10.5 Å². The summed E-state index contributed by atoms with van der Waals surface area (Å²) in [6.45, 7) is 2.40. The first-order chi connectivity index (χ1) is 13.6. The highest BCUT2D eigenvalue weighted by molar-refractivity contribution is 6.43. The topological polar surface area (TPSA) is 37.3 Å². The Labute approximate surface area is 174 Å². The summed E-state index contributed by atoms with van der Waals surface area (Å²) >= 11 is 12.3. The minimum atomic E-state index is -0.145. The van der Waals surface area contributed by atoms with Gasteiger partial charge in [-0.3, -0.25) is 0 Å². The summed E-state index contributed by atoms with van der Waals surface area (Å²) in [5.74, 6) is 0.811. The second-order valence-corrected chi connectivity index (χ2v) is 8.48. The Hall–Kier alpha value is -2.17. The first-order valence-electron chi connectivity index (χ1n) is 9.70. The van der Waals surface area contributed by atoms with Gasteiger partial charge in [-0.15, -0.1) is 0 Å². The third-order valence-corrected chi connectivity index (χ3v) is 6.60. The Balaban J connectivity index is 1.43. The maximum Gasteiger partial charge on any atom is 0.322 e. The number of hydrogen-bond donors (Lipinski definition) is 1. The fourth-order valence-corrected chi connectivity index (χ4v) is 4.48. The van der Waals surface area contributed by atoms with Crippen molar-refractivity contribution in [2.24, 2.45) is 5.92 Å². The van der Waals surface area contributed by atoms with Crippen LogP contribution in [-0.2, 0) is 19.5 Å². The molecule has 2 heterocycles. The van der Waals surface area contributed by atoms with E-state index in [0.29, 0.717) is 28.8 Å².